The van der Waals surface area contributed by atoms with Crippen LogP contribution in [0.15, 0.2) is 47.2 Å². The van der Waals surface area contributed by atoms with Crippen molar-refractivity contribution >= 4 is 29.4 Å². The Morgan fingerprint density at radius 2 is 2.22 bits per heavy atom. The first-order valence-corrected chi connectivity index (χ1v) is 7.05. The van der Waals surface area contributed by atoms with Crippen LogP contribution in [0.4, 0.5) is 4.79 Å². The van der Waals surface area contributed by atoms with Gasteiger partial charge in [0.25, 0.3) is 5.96 Å². The van der Waals surface area contributed by atoms with E-state index in [1.54, 1.807) is 24.3 Å². The smallest absolute Gasteiger partial charge is 0.408 e. The number of nitrogens with zero attached hydrogens (tertiary/aromatic N) is 4. The first kappa shape index (κ1) is 16.6. The number of carbonyl (C=O) groups is 1. The summed E-state index contributed by atoms with van der Waals surface area (Å²) in [4.78, 5) is 12.7. The predicted octanol–water partition coefficient (Wildman–Crippen LogP) is 1.60. The number of nitrogens with two attached hydrogens (primary N) is 1. The molecule has 0 radical (unpaired) electrons. The van der Waals surface area contributed by atoms with Crippen LogP contribution in [0.5, 0.6) is 0 Å². The molecule has 1 amide bonds. The van der Waals surface area contributed by atoms with Crippen LogP contribution in [0.25, 0.3) is 0 Å². The number of hydrazone groups is 1. The van der Waals surface area contributed by atoms with Gasteiger partial charge in [-0.05, 0) is 17.3 Å². The van der Waals surface area contributed by atoms with Gasteiger partial charge in [0, 0.05) is 17.1 Å². The minimum atomic E-state index is -1.11. The molecule has 0 aliphatic carbocycles. The molecular formula is C14H16ClN5O3. The highest BCUT2D eigenvalue weighted by Gasteiger charge is 2.36. The van der Waals surface area contributed by atoms with Crippen molar-refractivity contribution in [2.45, 2.75) is 6.04 Å². The molecular weight excluding hydrogens is 322 g/mol. The molecule has 122 valence electrons. The molecule has 9 heteroatoms. The molecule has 1 aliphatic heterocycles. The van der Waals surface area contributed by atoms with Gasteiger partial charge in [-0.3, -0.25) is 4.90 Å². The van der Waals surface area contributed by atoms with E-state index in [0.717, 1.165) is 0 Å². The Hall–Kier alpha value is -2.74. The van der Waals surface area contributed by atoms with Crippen molar-refractivity contribution in [3.8, 4) is 0 Å². The van der Waals surface area contributed by atoms with Gasteiger partial charge in [0.15, 0.2) is 0 Å². The summed E-state index contributed by atoms with van der Waals surface area (Å²) in [5.74, 6) is -0.220. The monoisotopic (exact) mass is 337 g/mol. The summed E-state index contributed by atoms with van der Waals surface area (Å²) in [6.45, 7) is 3.82. The van der Waals surface area contributed by atoms with E-state index in [4.69, 9.17) is 22.5 Å². The van der Waals surface area contributed by atoms with Gasteiger partial charge < -0.3 is 16.0 Å². The minimum absolute atomic E-state index is 0.122. The Kier molecular flexibility index (Phi) is 5.07. The van der Waals surface area contributed by atoms with Crippen molar-refractivity contribution in [2.24, 2.45) is 16.0 Å². The molecule has 0 saturated carbocycles. The Morgan fingerprint density at radius 3 is 2.74 bits per heavy atom. The van der Waals surface area contributed by atoms with Crippen LogP contribution in [0.2, 0.25) is 5.02 Å². The third-order valence-corrected chi connectivity index (χ3v) is 3.60. The van der Waals surface area contributed by atoms with E-state index in [1.165, 1.54) is 16.0 Å². The average Bonchev–Trinajstić information content (AvgIpc) is 2.97. The topological polar surface area (TPSA) is 115 Å². The summed E-state index contributed by atoms with van der Waals surface area (Å²) in [5.41, 5.74) is 6.75. The van der Waals surface area contributed by atoms with E-state index in [-0.39, 0.29) is 19.0 Å². The molecule has 1 unspecified atom stereocenters. The molecule has 0 fully saturated rings. The summed E-state index contributed by atoms with van der Waals surface area (Å²) in [6, 6.07) is 6.24. The highest BCUT2D eigenvalue weighted by molar-refractivity contribution is 6.30. The number of oxime groups is 1. The molecule has 1 atom stereocenters. The van der Waals surface area contributed by atoms with Gasteiger partial charge in [-0.2, -0.15) is 5.10 Å². The van der Waals surface area contributed by atoms with E-state index in [9.17, 15) is 9.90 Å². The standard InChI is InChI=1S/C14H16ClN5O3/c1-2-7-19(14(21)22)11-8-20(13(16)18-23)17-12(11)9-3-5-10(15)6-4-9/h2-6,11,23H,1,7-8H2,(H2,16,18)(H,21,22). The zero-order valence-corrected chi connectivity index (χ0v) is 12.9. The molecule has 4 N–H and O–H groups in total. The molecule has 23 heavy (non-hydrogen) atoms. The SMILES string of the molecule is C=CCN(C(=O)O)C1CN(/C(N)=N/O)N=C1c1ccc(Cl)cc1. The summed E-state index contributed by atoms with van der Waals surface area (Å²) < 4.78 is 0. The zero-order chi connectivity index (χ0) is 17.0. The van der Waals surface area contributed by atoms with Gasteiger partial charge in [0.1, 0.15) is 0 Å². The van der Waals surface area contributed by atoms with Gasteiger partial charge in [0.05, 0.1) is 18.3 Å². The summed E-state index contributed by atoms with van der Waals surface area (Å²) in [7, 11) is 0. The lowest BCUT2D eigenvalue weighted by Gasteiger charge is -2.26. The van der Waals surface area contributed by atoms with Crippen molar-refractivity contribution < 1.29 is 15.1 Å². The molecule has 0 aromatic heterocycles. The van der Waals surface area contributed by atoms with Crippen LogP contribution in [0, 0.1) is 0 Å². The summed E-state index contributed by atoms with van der Waals surface area (Å²) in [6.07, 6.45) is 0.373. The van der Waals surface area contributed by atoms with Gasteiger partial charge in [-0.25, -0.2) is 9.80 Å². The molecule has 1 aromatic carbocycles. The third-order valence-electron chi connectivity index (χ3n) is 3.34. The van der Waals surface area contributed by atoms with Crippen molar-refractivity contribution in [2.75, 3.05) is 13.1 Å². The Labute approximate surface area is 137 Å². The molecule has 0 spiro atoms. The maximum atomic E-state index is 11.5. The van der Waals surface area contributed by atoms with Crippen LogP contribution in [0.1, 0.15) is 5.56 Å². The lowest BCUT2D eigenvalue weighted by molar-refractivity contribution is 0.141. The first-order valence-electron chi connectivity index (χ1n) is 6.68. The van der Waals surface area contributed by atoms with Crippen molar-refractivity contribution in [3.63, 3.8) is 0 Å². The van der Waals surface area contributed by atoms with E-state index >= 15 is 0 Å². The van der Waals surface area contributed by atoms with Crippen molar-refractivity contribution in [1.82, 2.24) is 9.91 Å². The van der Waals surface area contributed by atoms with Crippen LogP contribution in [0.3, 0.4) is 0 Å². The van der Waals surface area contributed by atoms with Gasteiger partial charge in [-0.15, -0.1) is 6.58 Å². The second-order valence-electron chi connectivity index (χ2n) is 4.77. The first-order chi connectivity index (χ1) is 11.0. The minimum Gasteiger partial charge on any atom is -0.465 e. The molecule has 1 heterocycles. The molecule has 1 aromatic rings. The maximum Gasteiger partial charge on any atom is 0.408 e. The summed E-state index contributed by atoms with van der Waals surface area (Å²) in [5, 5.41) is 27.2. The fourth-order valence-corrected chi connectivity index (χ4v) is 2.40. The van der Waals surface area contributed by atoms with Gasteiger partial charge >= 0.3 is 6.09 Å². The van der Waals surface area contributed by atoms with Crippen LogP contribution < -0.4 is 5.73 Å². The molecule has 0 bridgehead atoms. The number of halogens is 1. The molecule has 2 rings (SSSR count). The Bertz CT molecular complexity index is 659. The molecule has 1 aliphatic rings. The Balaban J connectivity index is 2.43. The highest BCUT2D eigenvalue weighted by Crippen LogP contribution is 2.21. The fourth-order valence-electron chi connectivity index (χ4n) is 2.28. The van der Waals surface area contributed by atoms with E-state index in [2.05, 4.69) is 16.8 Å². The fraction of sp³-hybridized carbons (Fsp3) is 0.214. The summed E-state index contributed by atoms with van der Waals surface area (Å²) >= 11 is 5.88. The van der Waals surface area contributed by atoms with Gasteiger partial charge in [0.2, 0.25) is 0 Å². The number of hydrogen-bond donors (Lipinski definition) is 3. The number of rotatable bonds is 4. The van der Waals surface area contributed by atoms with Crippen LogP contribution >= 0.6 is 11.6 Å². The quantitative estimate of drug-likeness (QED) is 0.254. The second-order valence-corrected chi connectivity index (χ2v) is 5.21. The number of hydrogen-bond acceptors (Lipinski definition) is 4. The number of amides is 1. The number of carboxylic acid groups (broad SMARTS) is 1. The molecule has 0 saturated heterocycles. The lowest BCUT2D eigenvalue weighted by atomic mass is 10.0. The molecule has 8 nitrogen and oxygen atoms in total. The number of guanidine groups is 1. The largest absolute Gasteiger partial charge is 0.465 e. The van der Waals surface area contributed by atoms with Crippen LogP contribution in [-0.2, 0) is 0 Å². The van der Waals surface area contributed by atoms with Crippen molar-refractivity contribution in [1.29, 1.82) is 0 Å². The van der Waals surface area contributed by atoms with Crippen molar-refractivity contribution in [3.05, 3.63) is 47.5 Å². The van der Waals surface area contributed by atoms with E-state index in [0.29, 0.717) is 16.3 Å². The lowest BCUT2D eigenvalue weighted by Crippen LogP contribution is -2.47. The Morgan fingerprint density at radius 1 is 1.57 bits per heavy atom. The van der Waals surface area contributed by atoms with Gasteiger partial charge in [-0.1, -0.05) is 29.8 Å². The second kappa shape index (κ2) is 7.01. The van der Waals surface area contributed by atoms with Crippen LogP contribution in [-0.4, -0.2) is 57.1 Å². The number of benzene rings is 1. The third kappa shape index (κ3) is 3.54. The zero-order valence-electron chi connectivity index (χ0n) is 12.1. The average molecular weight is 338 g/mol. The van der Waals surface area contributed by atoms with E-state index in [1.807, 2.05) is 0 Å². The normalized spacial score (nSPS) is 17.8. The highest BCUT2D eigenvalue weighted by atomic mass is 35.5. The predicted molar refractivity (Wildman–Crippen MR) is 86.8 cm³/mol. The maximum absolute atomic E-state index is 11.5. The van der Waals surface area contributed by atoms with E-state index < -0.39 is 12.1 Å².